The molecule has 2 N–H and O–H groups in total. The van der Waals surface area contributed by atoms with Crippen LogP contribution in [0.25, 0.3) is 0 Å². The van der Waals surface area contributed by atoms with Gasteiger partial charge in [0.15, 0.2) is 11.6 Å². The number of hydrogen-bond acceptors (Lipinski definition) is 4. The Morgan fingerprint density at radius 3 is 3.27 bits per heavy atom. The number of anilines is 1. The van der Waals surface area contributed by atoms with Crippen LogP contribution in [0.2, 0.25) is 0 Å². The van der Waals surface area contributed by atoms with E-state index < -0.39 is 0 Å². The lowest BCUT2D eigenvalue weighted by Gasteiger charge is -2.19. The fourth-order valence-corrected chi connectivity index (χ4v) is 1.38. The van der Waals surface area contributed by atoms with Gasteiger partial charge in [0.05, 0.1) is 6.54 Å². The van der Waals surface area contributed by atoms with Gasteiger partial charge in [-0.25, -0.2) is 0 Å². The molecule has 4 nitrogen and oxygen atoms in total. The van der Waals surface area contributed by atoms with E-state index in [1.54, 1.807) is 0 Å². The van der Waals surface area contributed by atoms with Crippen molar-refractivity contribution in [1.29, 1.82) is 0 Å². The minimum atomic E-state index is 0.563. The summed E-state index contributed by atoms with van der Waals surface area (Å²) in [6.45, 7) is 1.87. The summed E-state index contributed by atoms with van der Waals surface area (Å²) in [6, 6.07) is 0. The van der Waals surface area contributed by atoms with E-state index in [4.69, 9.17) is 10.3 Å². The van der Waals surface area contributed by atoms with Crippen molar-refractivity contribution in [2.45, 2.75) is 13.0 Å². The van der Waals surface area contributed by atoms with E-state index in [-0.39, 0.29) is 0 Å². The number of rotatable bonds is 0. The molecule has 0 bridgehead atoms. The zero-order valence-corrected chi connectivity index (χ0v) is 6.50. The van der Waals surface area contributed by atoms with Crippen LogP contribution in [0.3, 0.4) is 0 Å². The first kappa shape index (κ1) is 6.67. The average molecular weight is 153 g/mol. The molecule has 0 saturated heterocycles. The number of fused-ring (bicyclic) bond motifs is 1. The molecule has 0 aromatic carbocycles. The number of nitrogens with two attached hydrogens (primary N) is 1. The highest BCUT2D eigenvalue weighted by Gasteiger charge is 2.19. The molecule has 2 rings (SSSR count). The largest absolute Gasteiger partial charge is 0.381 e. The number of nitrogen functional groups attached to an aromatic ring is 1. The normalized spacial score (nSPS) is 18.3. The topological polar surface area (TPSA) is 55.3 Å². The Bertz CT molecular complexity index is 269. The minimum Gasteiger partial charge on any atom is -0.381 e. The number of nitrogens with zero attached hydrogens (tertiary/aromatic N) is 2. The molecule has 1 aliphatic rings. The van der Waals surface area contributed by atoms with Gasteiger partial charge in [0.1, 0.15) is 0 Å². The quantitative estimate of drug-likeness (QED) is 0.580. The third kappa shape index (κ3) is 0.991. The van der Waals surface area contributed by atoms with Crippen LogP contribution in [-0.2, 0) is 13.0 Å². The lowest BCUT2D eigenvalue weighted by molar-refractivity contribution is 0.257. The molecule has 1 aromatic heterocycles. The van der Waals surface area contributed by atoms with Crippen molar-refractivity contribution < 1.29 is 4.52 Å². The zero-order valence-electron chi connectivity index (χ0n) is 6.50. The first-order valence-corrected chi connectivity index (χ1v) is 3.69. The molecule has 1 aliphatic heterocycles. The summed E-state index contributed by atoms with van der Waals surface area (Å²) in [5, 5.41) is 3.71. The third-order valence-corrected chi connectivity index (χ3v) is 2.06. The molecule has 0 radical (unpaired) electrons. The first-order valence-electron chi connectivity index (χ1n) is 3.69. The summed E-state index contributed by atoms with van der Waals surface area (Å²) in [4.78, 5) is 2.19. The maximum absolute atomic E-state index is 5.58. The van der Waals surface area contributed by atoms with Crippen molar-refractivity contribution in [2.24, 2.45) is 0 Å². The van der Waals surface area contributed by atoms with E-state index in [9.17, 15) is 0 Å². The van der Waals surface area contributed by atoms with Gasteiger partial charge in [-0.05, 0) is 13.5 Å². The molecule has 0 saturated carbocycles. The van der Waals surface area contributed by atoms with Gasteiger partial charge in [-0.1, -0.05) is 5.16 Å². The van der Waals surface area contributed by atoms with E-state index in [1.807, 2.05) is 0 Å². The second kappa shape index (κ2) is 2.23. The SMILES string of the molecule is CN1CCc2c(N)noc2C1. The second-order valence-corrected chi connectivity index (χ2v) is 2.96. The van der Waals surface area contributed by atoms with Gasteiger partial charge in [0, 0.05) is 12.1 Å². The van der Waals surface area contributed by atoms with Crippen molar-refractivity contribution >= 4 is 5.82 Å². The summed E-state index contributed by atoms with van der Waals surface area (Å²) in [5.74, 6) is 1.49. The molecule has 1 aromatic rings. The van der Waals surface area contributed by atoms with E-state index in [0.717, 1.165) is 30.8 Å². The van der Waals surface area contributed by atoms with Crippen molar-refractivity contribution in [3.8, 4) is 0 Å². The average Bonchev–Trinajstić information content (AvgIpc) is 2.32. The van der Waals surface area contributed by atoms with Gasteiger partial charge in [-0.15, -0.1) is 0 Å². The van der Waals surface area contributed by atoms with Crippen LogP contribution in [0.15, 0.2) is 4.52 Å². The van der Waals surface area contributed by atoms with E-state index in [0.29, 0.717) is 5.82 Å². The predicted molar refractivity (Wildman–Crippen MR) is 41.0 cm³/mol. The van der Waals surface area contributed by atoms with Gasteiger partial charge >= 0.3 is 0 Å². The van der Waals surface area contributed by atoms with Gasteiger partial charge < -0.3 is 10.3 Å². The fourth-order valence-electron chi connectivity index (χ4n) is 1.38. The minimum absolute atomic E-state index is 0.563. The standard InChI is InChI=1S/C7H11N3O/c1-10-3-2-5-6(4-10)11-9-7(5)8/h2-4H2,1H3,(H2,8,9). The number of likely N-dealkylation sites (N-methyl/N-ethyl adjacent to an activating group) is 1. The van der Waals surface area contributed by atoms with E-state index >= 15 is 0 Å². The van der Waals surface area contributed by atoms with Crippen LogP contribution in [-0.4, -0.2) is 23.6 Å². The van der Waals surface area contributed by atoms with Gasteiger partial charge in [0.2, 0.25) is 0 Å². The lowest BCUT2D eigenvalue weighted by atomic mass is 10.1. The van der Waals surface area contributed by atoms with Crippen molar-refractivity contribution in [3.05, 3.63) is 11.3 Å². The number of aromatic nitrogens is 1. The molecular formula is C7H11N3O. The van der Waals surface area contributed by atoms with Crippen LogP contribution in [0.5, 0.6) is 0 Å². The predicted octanol–water partition coefficient (Wildman–Crippen LogP) is 0.245. The molecule has 0 spiro atoms. The summed E-state index contributed by atoms with van der Waals surface area (Å²) in [6.07, 6.45) is 0.959. The Hall–Kier alpha value is -1.03. The van der Waals surface area contributed by atoms with E-state index in [1.165, 1.54) is 0 Å². The molecule has 2 heterocycles. The highest BCUT2D eigenvalue weighted by atomic mass is 16.5. The van der Waals surface area contributed by atoms with Crippen LogP contribution in [0, 0.1) is 0 Å². The number of hydrogen-bond donors (Lipinski definition) is 1. The summed E-state index contributed by atoms with van der Waals surface area (Å²) in [5.41, 5.74) is 6.68. The van der Waals surface area contributed by atoms with Crippen molar-refractivity contribution in [3.63, 3.8) is 0 Å². The van der Waals surface area contributed by atoms with Crippen LogP contribution < -0.4 is 5.73 Å². The molecule has 0 atom stereocenters. The Labute approximate surface area is 65.0 Å². The van der Waals surface area contributed by atoms with Crippen LogP contribution >= 0.6 is 0 Å². The second-order valence-electron chi connectivity index (χ2n) is 2.96. The van der Waals surface area contributed by atoms with Gasteiger partial charge in [0.25, 0.3) is 0 Å². The van der Waals surface area contributed by atoms with E-state index in [2.05, 4.69) is 17.1 Å². The Kier molecular flexibility index (Phi) is 1.35. The molecular weight excluding hydrogens is 142 g/mol. The van der Waals surface area contributed by atoms with Crippen LogP contribution in [0.1, 0.15) is 11.3 Å². The van der Waals surface area contributed by atoms with Gasteiger partial charge in [-0.3, -0.25) is 4.90 Å². The molecule has 4 heteroatoms. The maximum Gasteiger partial charge on any atom is 0.170 e. The third-order valence-electron chi connectivity index (χ3n) is 2.06. The Morgan fingerprint density at radius 2 is 2.45 bits per heavy atom. The molecule has 60 valence electrons. The zero-order chi connectivity index (χ0) is 7.84. The lowest BCUT2D eigenvalue weighted by Crippen LogP contribution is -2.25. The summed E-state index contributed by atoms with van der Waals surface area (Å²) < 4.78 is 5.04. The van der Waals surface area contributed by atoms with Crippen molar-refractivity contribution in [1.82, 2.24) is 10.1 Å². The highest BCUT2D eigenvalue weighted by molar-refractivity contribution is 5.41. The smallest absolute Gasteiger partial charge is 0.170 e. The summed E-state index contributed by atoms with van der Waals surface area (Å²) in [7, 11) is 2.06. The van der Waals surface area contributed by atoms with Gasteiger partial charge in [-0.2, -0.15) is 0 Å². The van der Waals surface area contributed by atoms with Crippen molar-refractivity contribution in [2.75, 3.05) is 19.3 Å². The molecule has 0 aliphatic carbocycles. The Balaban J connectivity index is 2.36. The monoisotopic (exact) mass is 153 g/mol. The molecule has 0 amide bonds. The fraction of sp³-hybridized carbons (Fsp3) is 0.571. The Morgan fingerprint density at radius 1 is 1.64 bits per heavy atom. The molecule has 0 fully saturated rings. The molecule has 0 unspecified atom stereocenters. The highest BCUT2D eigenvalue weighted by Crippen LogP contribution is 2.22. The first-order chi connectivity index (χ1) is 5.27. The van der Waals surface area contributed by atoms with Crippen LogP contribution in [0.4, 0.5) is 5.82 Å². The summed E-state index contributed by atoms with van der Waals surface area (Å²) >= 11 is 0. The molecule has 11 heavy (non-hydrogen) atoms. The maximum atomic E-state index is 5.58.